The van der Waals surface area contributed by atoms with Crippen molar-refractivity contribution in [2.45, 2.75) is 44.2 Å². The van der Waals surface area contributed by atoms with Gasteiger partial charge in [-0.3, -0.25) is 0 Å². The van der Waals surface area contributed by atoms with Crippen molar-refractivity contribution in [3.8, 4) is 0 Å². The molecule has 0 radical (unpaired) electrons. The molecule has 1 N–H and O–H groups in total. The smallest absolute Gasteiger partial charge is 0.0604 e. The molecule has 2 aliphatic rings. The van der Waals surface area contributed by atoms with Crippen LogP contribution in [0.1, 0.15) is 32.1 Å². The molecule has 2 fully saturated rings. The largest absolute Gasteiger partial charge is 0.393 e. The van der Waals surface area contributed by atoms with Gasteiger partial charge in [0.2, 0.25) is 0 Å². The average Bonchev–Trinajstić information content (AvgIpc) is 2.37. The summed E-state index contributed by atoms with van der Waals surface area (Å²) in [6, 6.07) is 0.544. The molecular weight excluding hydrogens is 224 g/mol. The van der Waals surface area contributed by atoms with Crippen molar-refractivity contribution >= 4 is 0 Å². The van der Waals surface area contributed by atoms with Gasteiger partial charge in [-0.1, -0.05) is 12.8 Å². The Morgan fingerprint density at radius 2 is 2.06 bits per heavy atom. The maximum Gasteiger partial charge on any atom is 0.0604 e. The fraction of sp³-hybridized carbons (Fsp3) is 0.800. The number of nitrogens with zero attached hydrogens (tertiary/aromatic N) is 2. The normalized spacial score (nSPS) is 31.8. The summed E-state index contributed by atoms with van der Waals surface area (Å²) in [7, 11) is 4.12. The second-order valence-electron chi connectivity index (χ2n) is 5.87. The number of hydrogen-bond acceptors (Lipinski definition) is 3. The molecule has 1 aliphatic carbocycles. The molecule has 2 rings (SSSR count). The topological polar surface area (TPSA) is 26.7 Å². The summed E-state index contributed by atoms with van der Waals surface area (Å²) in [5, 5.41) is 10.1. The molecular formula is C15H26N2O. The lowest BCUT2D eigenvalue weighted by Gasteiger charge is -2.45. The van der Waals surface area contributed by atoms with Gasteiger partial charge in [-0.05, 0) is 39.4 Å². The standard InChI is InChI=1S/C15H26N2O/c1-16(2)10-5-6-11-17-12-9-15(18)13-7-3-4-8-14(13)17/h5,11,13-15,18H,3-4,7-10,12H2,1-2H3. The van der Waals surface area contributed by atoms with Crippen LogP contribution in [0.4, 0.5) is 0 Å². The number of rotatable bonds is 3. The van der Waals surface area contributed by atoms with Crippen LogP contribution in [-0.4, -0.2) is 54.2 Å². The summed E-state index contributed by atoms with van der Waals surface area (Å²) >= 11 is 0. The lowest BCUT2D eigenvalue weighted by molar-refractivity contribution is -0.0164. The Balaban J connectivity index is 1.97. The van der Waals surface area contributed by atoms with Gasteiger partial charge in [0, 0.05) is 31.2 Å². The fourth-order valence-electron chi connectivity index (χ4n) is 3.21. The number of fused-ring (bicyclic) bond motifs is 1. The van der Waals surface area contributed by atoms with Crippen molar-refractivity contribution in [3.05, 3.63) is 18.0 Å². The summed E-state index contributed by atoms with van der Waals surface area (Å²) in [5.41, 5.74) is 3.29. The van der Waals surface area contributed by atoms with Crippen molar-refractivity contribution < 1.29 is 5.11 Å². The molecule has 1 heterocycles. The third-order valence-electron chi connectivity index (χ3n) is 4.20. The van der Waals surface area contributed by atoms with Gasteiger partial charge < -0.3 is 14.9 Å². The molecule has 0 aromatic carbocycles. The van der Waals surface area contributed by atoms with Crippen molar-refractivity contribution in [1.82, 2.24) is 9.80 Å². The third-order valence-corrected chi connectivity index (χ3v) is 4.20. The van der Waals surface area contributed by atoms with E-state index in [9.17, 15) is 5.11 Å². The van der Waals surface area contributed by atoms with Crippen LogP contribution in [0.15, 0.2) is 18.0 Å². The number of piperidine rings is 1. The molecule has 0 spiro atoms. The van der Waals surface area contributed by atoms with E-state index in [-0.39, 0.29) is 6.10 Å². The van der Waals surface area contributed by atoms with E-state index in [0.29, 0.717) is 12.0 Å². The molecule has 18 heavy (non-hydrogen) atoms. The Kier molecular flexibility index (Phi) is 4.87. The summed E-state index contributed by atoms with van der Waals surface area (Å²) in [6.45, 7) is 1.91. The van der Waals surface area contributed by atoms with E-state index in [1.807, 2.05) is 0 Å². The van der Waals surface area contributed by atoms with Crippen LogP contribution < -0.4 is 0 Å². The molecule has 1 saturated carbocycles. The van der Waals surface area contributed by atoms with E-state index >= 15 is 0 Å². The first-order valence-corrected chi connectivity index (χ1v) is 7.18. The van der Waals surface area contributed by atoms with Gasteiger partial charge in [-0.2, -0.15) is 0 Å². The quantitative estimate of drug-likeness (QED) is 0.774. The van der Waals surface area contributed by atoms with Gasteiger partial charge in [-0.15, -0.1) is 5.73 Å². The average molecular weight is 250 g/mol. The van der Waals surface area contributed by atoms with Crippen LogP contribution in [0.25, 0.3) is 0 Å². The molecule has 1 aliphatic heterocycles. The van der Waals surface area contributed by atoms with E-state index in [2.05, 4.69) is 41.9 Å². The molecule has 0 bridgehead atoms. The zero-order chi connectivity index (χ0) is 13.0. The van der Waals surface area contributed by atoms with Gasteiger partial charge in [0.1, 0.15) is 0 Å². The minimum absolute atomic E-state index is 0.0781. The Morgan fingerprint density at radius 1 is 1.28 bits per heavy atom. The molecule has 102 valence electrons. The molecule has 3 nitrogen and oxygen atoms in total. The Labute approximate surface area is 111 Å². The monoisotopic (exact) mass is 250 g/mol. The highest BCUT2D eigenvalue weighted by molar-refractivity contribution is 4.97. The maximum absolute atomic E-state index is 10.1. The first kappa shape index (κ1) is 13.7. The van der Waals surface area contributed by atoms with Crippen LogP contribution in [0.3, 0.4) is 0 Å². The van der Waals surface area contributed by atoms with E-state index in [0.717, 1.165) is 19.5 Å². The zero-order valence-electron chi connectivity index (χ0n) is 11.7. The van der Waals surface area contributed by atoms with Gasteiger partial charge in [-0.25, -0.2) is 0 Å². The summed E-state index contributed by atoms with van der Waals surface area (Å²) in [4.78, 5) is 4.53. The van der Waals surface area contributed by atoms with E-state index < -0.39 is 0 Å². The van der Waals surface area contributed by atoms with Crippen LogP contribution in [0.5, 0.6) is 0 Å². The van der Waals surface area contributed by atoms with Crippen LogP contribution in [-0.2, 0) is 0 Å². The lowest BCUT2D eigenvalue weighted by atomic mass is 9.77. The lowest BCUT2D eigenvalue weighted by Crippen LogP contribution is -2.50. The Hall–Kier alpha value is -0.760. The predicted molar refractivity (Wildman–Crippen MR) is 74.3 cm³/mol. The highest BCUT2D eigenvalue weighted by Gasteiger charge is 2.37. The summed E-state index contributed by atoms with van der Waals surface area (Å²) < 4.78 is 0. The van der Waals surface area contributed by atoms with Crippen molar-refractivity contribution in [2.75, 3.05) is 27.2 Å². The zero-order valence-corrected chi connectivity index (χ0v) is 11.7. The highest BCUT2D eigenvalue weighted by Crippen LogP contribution is 2.35. The molecule has 1 saturated heterocycles. The predicted octanol–water partition coefficient (Wildman–Crippen LogP) is 1.84. The van der Waals surface area contributed by atoms with Gasteiger partial charge in [0.15, 0.2) is 0 Å². The minimum Gasteiger partial charge on any atom is -0.393 e. The Morgan fingerprint density at radius 3 is 2.83 bits per heavy atom. The van der Waals surface area contributed by atoms with Crippen molar-refractivity contribution in [2.24, 2.45) is 5.92 Å². The number of aliphatic hydroxyl groups is 1. The summed E-state index contributed by atoms with van der Waals surface area (Å²) in [5.74, 6) is 0.486. The number of likely N-dealkylation sites (tertiary alicyclic amines) is 1. The fourth-order valence-corrected chi connectivity index (χ4v) is 3.21. The summed E-state index contributed by atoms with van der Waals surface area (Å²) in [6.07, 6.45) is 10.0. The molecule has 0 aromatic heterocycles. The van der Waals surface area contributed by atoms with Gasteiger partial charge >= 0.3 is 0 Å². The van der Waals surface area contributed by atoms with E-state index in [1.165, 1.54) is 25.7 Å². The molecule has 3 atom stereocenters. The van der Waals surface area contributed by atoms with Gasteiger partial charge in [0.05, 0.1) is 6.10 Å². The molecule has 3 heteroatoms. The second-order valence-corrected chi connectivity index (χ2v) is 5.87. The molecule has 0 amide bonds. The van der Waals surface area contributed by atoms with Crippen LogP contribution in [0, 0.1) is 5.92 Å². The first-order chi connectivity index (χ1) is 8.68. The second kappa shape index (κ2) is 6.42. The van der Waals surface area contributed by atoms with Crippen molar-refractivity contribution in [3.63, 3.8) is 0 Å². The third kappa shape index (κ3) is 3.38. The van der Waals surface area contributed by atoms with Crippen LogP contribution in [0.2, 0.25) is 0 Å². The van der Waals surface area contributed by atoms with E-state index in [4.69, 9.17) is 0 Å². The van der Waals surface area contributed by atoms with Crippen molar-refractivity contribution in [1.29, 1.82) is 0 Å². The molecule has 3 unspecified atom stereocenters. The highest BCUT2D eigenvalue weighted by atomic mass is 16.3. The first-order valence-electron chi connectivity index (χ1n) is 7.18. The number of hydrogen-bond donors (Lipinski definition) is 1. The number of likely N-dealkylation sites (N-methyl/N-ethyl adjacent to an activating group) is 1. The van der Waals surface area contributed by atoms with Gasteiger partial charge in [0.25, 0.3) is 0 Å². The van der Waals surface area contributed by atoms with E-state index in [1.54, 1.807) is 0 Å². The Bertz CT molecular complexity index is 320. The SMILES string of the molecule is CN(C)CC=C=CN1CCC(O)C2CCCCC21. The van der Waals surface area contributed by atoms with Crippen LogP contribution >= 0.6 is 0 Å². The molecule has 0 aromatic rings. The maximum atomic E-state index is 10.1. The number of aliphatic hydroxyl groups excluding tert-OH is 1. The minimum atomic E-state index is -0.0781.